The third-order valence-electron chi connectivity index (χ3n) is 4.13. The second-order valence-corrected chi connectivity index (χ2v) is 5.69. The van der Waals surface area contributed by atoms with Crippen LogP contribution >= 0.6 is 0 Å². The first-order valence-corrected chi connectivity index (χ1v) is 6.57. The van der Waals surface area contributed by atoms with Crippen molar-refractivity contribution in [3.05, 3.63) is 0 Å². The summed E-state index contributed by atoms with van der Waals surface area (Å²) in [7, 11) is 0. The van der Waals surface area contributed by atoms with Gasteiger partial charge in [-0.3, -0.25) is 4.79 Å². The predicted octanol–water partition coefficient (Wildman–Crippen LogP) is 4.06. The van der Waals surface area contributed by atoms with Crippen molar-refractivity contribution >= 4 is 5.78 Å². The Labute approximate surface area is 94.6 Å². The van der Waals surface area contributed by atoms with Crippen molar-refractivity contribution in [2.45, 2.75) is 59.8 Å². The van der Waals surface area contributed by atoms with Gasteiger partial charge in [-0.15, -0.1) is 0 Å². The maximum atomic E-state index is 11.8. The number of rotatable bonds is 4. The first kappa shape index (κ1) is 12.7. The largest absolute Gasteiger partial charge is 0.299 e. The van der Waals surface area contributed by atoms with E-state index in [-0.39, 0.29) is 0 Å². The van der Waals surface area contributed by atoms with Crippen LogP contribution in [0.1, 0.15) is 59.8 Å². The minimum absolute atomic E-state index is 0.376. The quantitative estimate of drug-likeness (QED) is 0.683. The van der Waals surface area contributed by atoms with Crippen LogP contribution in [0.15, 0.2) is 0 Å². The number of carbonyl (C=O) groups excluding carboxylic acids is 1. The second kappa shape index (κ2) is 5.67. The molecule has 0 amide bonds. The van der Waals surface area contributed by atoms with Crippen LogP contribution in [0, 0.1) is 23.7 Å². The summed E-state index contributed by atoms with van der Waals surface area (Å²) in [6.45, 7) is 9.08. The molecule has 3 atom stereocenters. The summed E-state index contributed by atoms with van der Waals surface area (Å²) in [6.07, 6.45) is 5.45. The van der Waals surface area contributed by atoms with E-state index >= 15 is 0 Å². The van der Waals surface area contributed by atoms with Gasteiger partial charge in [-0.2, -0.15) is 0 Å². The van der Waals surface area contributed by atoms with E-state index in [1.54, 1.807) is 0 Å². The van der Waals surface area contributed by atoms with Crippen LogP contribution in [0.3, 0.4) is 0 Å². The zero-order chi connectivity index (χ0) is 11.4. The lowest BCUT2D eigenvalue weighted by Crippen LogP contribution is -2.28. The molecular formula is C14H26O. The Morgan fingerprint density at radius 2 is 2.00 bits per heavy atom. The Hall–Kier alpha value is -0.330. The number of Topliss-reactive ketones (excluding diaryl/α,β-unsaturated/α-hetero) is 1. The lowest BCUT2D eigenvalue weighted by molar-refractivity contribution is -0.126. The van der Waals surface area contributed by atoms with Crippen LogP contribution in [0.25, 0.3) is 0 Å². The predicted molar refractivity (Wildman–Crippen MR) is 64.7 cm³/mol. The van der Waals surface area contributed by atoms with Crippen LogP contribution < -0.4 is 0 Å². The van der Waals surface area contributed by atoms with Crippen molar-refractivity contribution in [3.8, 4) is 0 Å². The smallest absolute Gasteiger partial charge is 0.136 e. The van der Waals surface area contributed by atoms with E-state index in [1.165, 1.54) is 6.42 Å². The lowest BCUT2D eigenvalue weighted by Gasteiger charge is -2.31. The van der Waals surface area contributed by atoms with Crippen molar-refractivity contribution < 1.29 is 4.79 Å². The fraction of sp³-hybridized carbons (Fsp3) is 0.929. The van der Waals surface area contributed by atoms with E-state index in [0.29, 0.717) is 17.6 Å². The molecule has 0 N–H and O–H groups in total. The van der Waals surface area contributed by atoms with E-state index in [0.717, 1.165) is 37.5 Å². The van der Waals surface area contributed by atoms with Crippen LogP contribution in [-0.4, -0.2) is 5.78 Å². The molecule has 0 spiro atoms. The van der Waals surface area contributed by atoms with Gasteiger partial charge in [0.05, 0.1) is 0 Å². The molecule has 1 rings (SSSR count). The molecule has 3 unspecified atom stereocenters. The van der Waals surface area contributed by atoms with Gasteiger partial charge in [0.2, 0.25) is 0 Å². The molecule has 0 aromatic rings. The summed E-state index contributed by atoms with van der Waals surface area (Å²) in [5.74, 6) is 3.16. The first-order chi connectivity index (χ1) is 7.04. The molecule has 0 heterocycles. The summed E-state index contributed by atoms with van der Waals surface area (Å²) in [6, 6.07) is 0. The summed E-state index contributed by atoms with van der Waals surface area (Å²) in [4.78, 5) is 11.8. The Balaban J connectivity index is 2.50. The maximum absolute atomic E-state index is 11.8. The average Bonchev–Trinajstić information content (AvgIpc) is 2.20. The normalized spacial score (nSPS) is 29.5. The number of hydrogen-bond acceptors (Lipinski definition) is 1. The Morgan fingerprint density at radius 3 is 2.53 bits per heavy atom. The van der Waals surface area contributed by atoms with Gasteiger partial charge in [-0.05, 0) is 37.0 Å². The number of ketones is 1. The minimum Gasteiger partial charge on any atom is -0.299 e. The summed E-state index contributed by atoms with van der Waals surface area (Å²) in [5, 5.41) is 0. The lowest BCUT2D eigenvalue weighted by atomic mass is 9.73. The maximum Gasteiger partial charge on any atom is 0.136 e. The molecular weight excluding hydrogens is 184 g/mol. The molecule has 88 valence electrons. The highest BCUT2D eigenvalue weighted by molar-refractivity contribution is 5.81. The molecule has 0 aromatic heterocycles. The van der Waals surface area contributed by atoms with Crippen LogP contribution in [0.2, 0.25) is 0 Å². The summed E-state index contributed by atoms with van der Waals surface area (Å²) in [5.41, 5.74) is 0. The Kier molecular flexibility index (Phi) is 4.82. The first-order valence-electron chi connectivity index (χ1n) is 6.57. The third-order valence-corrected chi connectivity index (χ3v) is 4.13. The van der Waals surface area contributed by atoms with E-state index < -0.39 is 0 Å². The minimum atomic E-state index is 0.376. The van der Waals surface area contributed by atoms with Crippen molar-refractivity contribution in [2.75, 3.05) is 0 Å². The highest BCUT2D eigenvalue weighted by atomic mass is 16.1. The molecule has 0 aromatic carbocycles. The molecule has 0 saturated heterocycles. The average molecular weight is 210 g/mol. The fourth-order valence-electron chi connectivity index (χ4n) is 2.63. The second-order valence-electron chi connectivity index (χ2n) is 5.69. The van der Waals surface area contributed by atoms with E-state index in [9.17, 15) is 4.79 Å². The fourth-order valence-corrected chi connectivity index (χ4v) is 2.63. The monoisotopic (exact) mass is 210 g/mol. The van der Waals surface area contributed by atoms with Crippen molar-refractivity contribution in [2.24, 2.45) is 23.7 Å². The molecule has 1 heteroatoms. The van der Waals surface area contributed by atoms with Crippen LogP contribution in [-0.2, 0) is 4.79 Å². The van der Waals surface area contributed by atoms with Gasteiger partial charge in [0, 0.05) is 12.3 Å². The Bertz CT molecular complexity index is 207. The van der Waals surface area contributed by atoms with Crippen molar-refractivity contribution in [1.82, 2.24) is 0 Å². The summed E-state index contributed by atoms with van der Waals surface area (Å²) < 4.78 is 0. The van der Waals surface area contributed by atoms with E-state index in [1.807, 2.05) is 0 Å². The molecule has 1 fully saturated rings. The zero-order valence-corrected chi connectivity index (χ0v) is 10.8. The molecule has 1 aliphatic rings. The van der Waals surface area contributed by atoms with Gasteiger partial charge < -0.3 is 0 Å². The highest BCUT2D eigenvalue weighted by Crippen LogP contribution is 2.35. The number of hydrogen-bond donors (Lipinski definition) is 0. The Morgan fingerprint density at radius 1 is 1.33 bits per heavy atom. The molecule has 1 saturated carbocycles. The number of carbonyl (C=O) groups is 1. The molecule has 15 heavy (non-hydrogen) atoms. The van der Waals surface area contributed by atoms with E-state index in [4.69, 9.17) is 0 Å². The molecule has 1 nitrogen and oxygen atoms in total. The van der Waals surface area contributed by atoms with Gasteiger partial charge in [-0.1, -0.05) is 34.1 Å². The van der Waals surface area contributed by atoms with Gasteiger partial charge in [-0.25, -0.2) is 0 Å². The molecule has 0 aliphatic heterocycles. The SMILES string of the molecule is CCC(C)CC1CC(C(C)C)CCC1=O. The third kappa shape index (κ3) is 3.62. The highest BCUT2D eigenvalue weighted by Gasteiger charge is 2.30. The molecule has 0 radical (unpaired) electrons. The summed E-state index contributed by atoms with van der Waals surface area (Å²) >= 11 is 0. The molecule has 1 aliphatic carbocycles. The van der Waals surface area contributed by atoms with Crippen molar-refractivity contribution in [1.29, 1.82) is 0 Å². The van der Waals surface area contributed by atoms with E-state index in [2.05, 4.69) is 27.7 Å². The standard InChI is InChI=1S/C14H26O/c1-5-11(4)8-13-9-12(10(2)3)6-7-14(13)15/h10-13H,5-9H2,1-4H3. The van der Waals surface area contributed by atoms with Crippen LogP contribution in [0.4, 0.5) is 0 Å². The van der Waals surface area contributed by atoms with Gasteiger partial charge >= 0.3 is 0 Å². The molecule has 0 bridgehead atoms. The van der Waals surface area contributed by atoms with Gasteiger partial charge in [0.1, 0.15) is 5.78 Å². The van der Waals surface area contributed by atoms with Crippen LogP contribution in [0.5, 0.6) is 0 Å². The van der Waals surface area contributed by atoms with Crippen molar-refractivity contribution in [3.63, 3.8) is 0 Å². The van der Waals surface area contributed by atoms with Gasteiger partial charge in [0.15, 0.2) is 0 Å². The zero-order valence-electron chi connectivity index (χ0n) is 10.8. The topological polar surface area (TPSA) is 17.1 Å². The van der Waals surface area contributed by atoms with Gasteiger partial charge in [0.25, 0.3) is 0 Å².